The van der Waals surface area contributed by atoms with Crippen LogP contribution < -0.4 is 10.2 Å². The molecule has 0 unspecified atom stereocenters. The molecule has 1 aliphatic rings. The van der Waals surface area contributed by atoms with E-state index in [2.05, 4.69) is 29.1 Å². The average molecular weight is 298 g/mol. The van der Waals surface area contributed by atoms with Crippen LogP contribution in [0.3, 0.4) is 0 Å². The van der Waals surface area contributed by atoms with Gasteiger partial charge in [0, 0.05) is 19.0 Å². The molecule has 1 atom stereocenters. The van der Waals surface area contributed by atoms with Gasteiger partial charge in [-0.3, -0.25) is 4.79 Å². The first-order valence-corrected chi connectivity index (χ1v) is 7.81. The lowest BCUT2D eigenvalue weighted by Crippen LogP contribution is -2.47. The summed E-state index contributed by atoms with van der Waals surface area (Å²) >= 11 is 0. The second-order valence-corrected chi connectivity index (χ2v) is 6.02. The van der Waals surface area contributed by atoms with Crippen LogP contribution in [0, 0.1) is 5.92 Å². The van der Waals surface area contributed by atoms with Gasteiger partial charge in [-0.2, -0.15) is 0 Å². The van der Waals surface area contributed by atoms with Crippen molar-refractivity contribution in [2.24, 2.45) is 5.92 Å². The molecule has 0 fully saturated rings. The summed E-state index contributed by atoms with van der Waals surface area (Å²) in [5, 5.41) is 3.53. The second kappa shape index (κ2) is 5.83. The van der Waals surface area contributed by atoms with Gasteiger partial charge >= 0.3 is 0 Å². The first kappa shape index (κ1) is 14.6. The number of benzene rings is 1. The van der Waals surface area contributed by atoms with E-state index in [4.69, 9.17) is 0 Å². The van der Waals surface area contributed by atoms with Crippen LogP contribution in [-0.2, 0) is 6.42 Å². The molecule has 3 rings (SSSR count). The lowest BCUT2D eigenvalue weighted by atomic mass is 9.99. The Balaban J connectivity index is 1.95. The molecule has 1 amide bonds. The molecule has 2 heterocycles. The van der Waals surface area contributed by atoms with Crippen molar-refractivity contribution < 1.29 is 4.79 Å². The fraction of sp³-hybridized carbons (Fsp3) is 0.412. The highest BCUT2D eigenvalue weighted by Gasteiger charge is 2.30. The number of hydrogen-bond donors (Lipinski definition) is 2. The third-order valence-electron chi connectivity index (χ3n) is 4.16. The average Bonchev–Trinajstić information content (AvgIpc) is 3.02. The number of hydrogen-bond acceptors (Lipinski definition) is 3. The molecular weight excluding hydrogens is 276 g/mol. The van der Waals surface area contributed by atoms with Crippen LogP contribution in [0.1, 0.15) is 37.1 Å². The number of nitrogens with zero attached hydrogens (tertiary/aromatic N) is 2. The summed E-state index contributed by atoms with van der Waals surface area (Å²) in [6.45, 7) is 7.01. The number of aromatic nitrogens is 2. The Kier molecular flexibility index (Phi) is 3.88. The maximum atomic E-state index is 12.9. The van der Waals surface area contributed by atoms with Crippen LogP contribution in [0.15, 0.2) is 30.5 Å². The van der Waals surface area contributed by atoms with Gasteiger partial charge in [0.1, 0.15) is 11.5 Å². The molecule has 0 spiro atoms. The van der Waals surface area contributed by atoms with E-state index in [9.17, 15) is 4.79 Å². The molecule has 0 radical (unpaired) electrons. The number of aryl methyl sites for hydroxylation is 1. The first-order chi connectivity index (χ1) is 10.6. The third-order valence-corrected chi connectivity index (χ3v) is 4.16. The van der Waals surface area contributed by atoms with E-state index in [1.54, 1.807) is 6.20 Å². The van der Waals surface area contributed by atoms with Crippen LogP contribution in [0.2, 0.25) is 0 Å². The van der Waals surface area contributed by atoms with Crippen LogP contribution in [0.25, 0.3) is 0 Å². The van der Waals surface area contributed by atoms with Crippen molar-refractivity contribution in [2.75, 3.05) is 16.8 Å². The minimum Gasteiger partial charge on any atom is -0.379 e. The lowest BCUT2D eigenvalue weighted by Gasteiger charge is -2.37. The summed E-state index contributed by atoms with van der Waals surface area (Å²) in [4.78, 5) is 22.1. The van der Waals surface area contributed by atoms with Gasteiger partial charge in [0.2, 0.25) is 0 Å². The Morgan fingerprint density at radius 1 is 1.41 bits per heavy atom. The molecule has 1 aliphatic heterocycles. The van der Waals surface area contributed by atoms with Crippen molar-refractivity contribution in [3.63, 3.8) is 0 Å². The zero-order valence-corrected chi connectivity index (χ0v) is 13.3. The van der Waals surface area contributed by atoms with Crippen molar-refractivity contribution in [1.29, 1.82) is 0 Å². The number of H-pyrrole nitrogens is 1. The summed E-state index contributed by atoms with van der Waals surface area (Å²) in [7, 11) is 0. The number of anilines is 2. The quantitative estimate of drug-likeness (QED) is 0.915. The summed E-state index contributed by atoms with van der Waals surface area (Å²) in [5.41, 5.74) is 2.49. The number of aromatic amines is 1. The zero-order valence-electron chi connectivity index (χ0n) is 13.3. The Bertz CT molecular complexity index is 677. The number of carbonyl (C=O) groups is 1. The van der Waals surface area contributed by atoms with Crippen molar-refractivity contribution in [2.45, 2.75) is 33.2 Å². The van der Waals surface area contributed by atoms with Gasteiger partial charge < -0.3 is 15.2 Å². The lowest BCUT2D eigenvalue weighted by molar-refractivity contribution is 0.0979. The molecule has 2 N–H and O–H groups in total. The number of nitrogens with one attached hydrogen (secondary N) is 2. The van der Waals surface area contributed by atoms with E-state index in [0.717, 1.165) is 23.6 Å². The molecular formula is C17H22N4O. The fourth-order valence-corrected chi connectivity index (χ4v) is 2.74. The molecule has 0 saturated heterocycles. The van der Waals surface area contributed by atoms with Crippen LogP contribution in [0.4, 0.5) is 11.4 Å². The predicted molar refractivity (Wildman–Crippen MR) is 88.3 cm³/mol. The second-order valence-electron chi connectivity index (χ2n) is 6.02. The smallest absolute Gasteiger partial charge is 0.276 e. The molecule has 1 aromatic heterocycles. The van der Waals surface area contributed by atoms with E-state index in [1.807, 2.05) is 36.1 Å². The number of fused-ring (bicyclic) bond motifs is 1. The van der Waals surface area contributed by atoms with Crippen molar-refractivity contribution in [3.05, 3.63) is 42.0 Å². The van der Waals surface area contributed by atoms with E-state index < -0.39 is 0 Å². The SMILES string of the molecule is CCc1ncc(C(=O)N2C[C@@H](C(C)C)Nc3ccccc32)[nH]1. The minimum atomic E-state index is -0.0215. The molecule has 1 aromatic carbocycles. The first-order valence-electron chi connectivity index (χ1n) is 7.81. The number of para-hydroxylation sites is 2. The van der Waals surface area contributed by atoms with E-state index >= 15 is 0 Å². The number of amides is 1. The normalized spacial score (nSPS) is 17.3. The van der Waals surface area contributed by atoms with Gasteiger partial charge in [-0.15, -0.1) is 0 Å². The van der Waals surface area contributed by atoms with Crippen LogP contribution in [0.5, 0.6) is 0 Å². The third kappa shape index (κ3) is 2.58. The molecule has 116 valence electrons. The molecule has 0 saturated carbocycles. The highest BCUT2D eigenvalue weighted by Crippen LogP contribution is 2.33. The molecule has 0 bridgehead atoms. The summed E-state index contributed by atoms with van der Waals surface area (Å²) in [6.07, 6.45) is 2.43. The number of carbonyl (C=O) groups excluding carboxylic acids is 1. The summed E-state index contributed by atoms with van der Waals surface area (Å²) in [6, 6.07) is 8.19. The highest BCUT2D eigenvalue weighted by molar-refractivity contribution is 6.07. The van der Waals surface area contributed by atoms with Crippen molar-refractivity contribution >= 4 is 17.3 Å². The maximum absolute atomic E-state index is 12.9. The van der Waals surface area contributed by atoms with Gasteiger partial charge in [-0.25, -0.2) is 4.98 Å². The van der Waals surface area contributed by atoms with Crippen molar-refractivity contribution in [3.8, 4) is 0 Å². The summed E-state index contributed by atoms with van der Waals surface area (Å²) < 4.78 is 0. The van der Waals surface area contributed by atoms with Crippen LogP contribution >= 0.6 is 0 Å². The van der Waals surface area contributed by atoms with E-state index in [1.165, 1.54) is 0 Å². The van der Waals surface area contributed by atoms with E-state index in [0.29, 0.717) is 18.2 Å². The Morgan fingerprint density at radius 2 is 2.18 bits per heavy atom. The Morgan fingerprint density at radius 3 is 2.86 bits per heavy atom. The van der Waals surface area contributed by atoms with Gasteiger partial charge in [-0.05, 0) is 18.1 Å². The number of imidazole rings is 1. The topological polar surface area (TPSA) is 61.0 Å². The van der Waals surface area contributed by atoms with E-state index in [-0.39, 0.29) is 11.9 Å². The maximum Gasteiger partial charge on any atom is 0.276 e. The summed E-state index contributed by atoms with van der Waals surface area (Å²) in [5.74, 6) is 1.26. The monoisotopic (exact) mass is 298 g/mol. The molecule has 22 heavy (non-hydrogen) atoms. The largest absolute Gasteiger partial charge is 0.379 e. The molecule has 2 aromatic rings. The van der Waals surface area contributed by atoms with Gasteiger partial charge in [0.25, 0.3) is 5.91 Å². The van der Waals surface area contributed by atoms with Crippen molar-refractivity contribution in [1.82, 2.24) is 9.97 Å². The molecule has 0 aliphatic carbocycles. The minimum absolute atomic E-state index is 0.0215. The predicted octanol–water partition coefficient (Wildman–Crippen LogP) is 3.07. The number of rotatable bonds is 3. The standard InChI is InChI=1S/C17H22N4O/c1-4-16-18-9-13(20-16)17(22)21-10-14(11(2)3)19-12-7-5-6-8-15(12)21/h5-9,11,14,19H,4,10H2,1-3H3,(H,18,20)/t14-/m0/s1. The molecule has 5 heteroatoms. The van der Waals surface area contributed by atoms with Gasteiger partial charge in [0.05, 0.1) is 17.6 Å². The Labute approximate surface area is 130 Å². The van der Waals surface area contributed by atoms with Crippen LogP contribution in [-0.4, -0.2) is 28.5 Å². The highest BCUT2D eigenvalue weighted by atomic mass is 16.2. The van der Waals surface area contributed by atoms with Gasteiger partial charge in [-0.1, -0.05) is 32.9 Å². The molecule has 5 nitrogen and oxygen atoms in total. The zero-order chi connectivity index (χ0) is 15.7. The fourth-order valence-electron chi connectivity index (χ4n) is 2.74. The Hall–Kier alpha value is -2.30. The van der Waals surface area contributed by atoms with Gasteiger partial charge in [0.15, 0.2) is 0 Å².